The number of amides is 3. The monoisotopic (exact) mass is 300 g/mol. The van der Waals surface area contributed by atoms with Crippen molar-refractivity contribution in [2.75, 3.05) is 0 Å². The lowest BCUT2D eigenvalue weighted by Gasteiger charge is -2.14. The Labute approximate surface area is 127 Å². The van der Waals surface area contributed by atoms with Crippen LogP contribution in [-0.2, 0) is 4.79 Å². The average molecular weight is 300 g/mol. The van der Waals surface area contributed by atoms with Crippen LogP contribution >= 0.6 is 0 Å². The summed E-state index contributed by atoms with van der Waals surface area (Å²) in [4.78, 5) is 22.2. The Hall–Kier alpha value is -3.02. The zero-order valence-corrected chi connectivity index (χ0v) is 12.0. The molecule has 0 aliphatic heterocycles. The van der Waals surface area contributed by atoms with E-state index < -0.39 is 18.0 Å². The fourth-order valence-electron chi connectivity index (χ4n) is 1.72. The van der Waals surface area contributed by atoms with Gasteiger partial charge in [-0.05, 0) is 31.2 Å². The first-order valence-corrected chi connectivity index (χ1v) is 6.64. The van der Waals surface area contributed by atoms with Gasteiger partial charge in [0.1, 0.15) is 17.2 Å². The van der Waals surface area contributed by atoms with Crippen molar-refractivity contribution >= 4 is 11.9 Å². The Morgan fingerprint density at radius 1 is 1.00 bits per heavy atom. The van der Waals surface area contributed by atoms with E-state index in [1.165, 1.54) is 6.92 Å². The van der Waals surface area contributed by atoms with Crippen LogP contribution in [0, 0.1) is 0 Å². The Morgan fingerprint density at radius 3 is 2.32 bits per heavy atom. The molecule has 114 valence electrons. The number of primary amides is 1. The number of benzene rings is 2. The van der Waals surface area contributed by atoms with Crippen molar-refractivity contribution in [3.8, 4) is 17.2 Å². The number of rotatable bonds is 5. The molecule has 0 spiro atoms. The summed E-state index contributed by atoms with van der Waals surface area (Å²) in [5.41, 5.74) is 4.89. The van der Waals surface area contributed by atoms with Crippen molar-refractivity contribution in [2.45, 2.75) is 13.0 Å². The minimum atomic E-state index is -0.915. The average Bonchev–Trinajstić information content (AvgIpc) is 2.48. The van der Waals surface area contributed by atoms with Gasteiger partial charge in [-0.1, -0.05) is 24.3 Å². The number of hydrogen-bond acceptors (Lipinski definition) is 4. The molecule has 0 heterocycles. The summed E-state index contributed by atoms with van der Waals surface area (Å²) in [6.45, 7) is 1.52. The predicted octanol–water partition coefficient (Wildman–Crippen LogP) is 2.44. The van der Waals surface area contributed by atoms with E-state index in [-0.39, 0.29) is 0 Å². The topological polar surface area (TPSA) is 90.7 Å². The van der Waals surface area contributed by atoms with Crippen LogP contribution in [0.5, 0.6) is 17.2 Å². The second-order valence-electron chi connectivity index (χ2n) is 4.50. The molecule has 0 bridgehead atoms. The number of urea groups is 1. The Bertz CT molecular complexity index is 658. The SMILES string of the molecule is CC(Oc1cccc(Oc2ccccc2)c1)C(=O)NC(N)=O. The van der Waals surface area contributed by atoms with E-state index in [0.717, 1.165) is 0 Å². The van der Waals surface area contributed by atoms with E-state index in [1.54, 1.807) is 24.3 Å². The van der Waals surface area contributed by atoms with E-state index in [9.17, 15) is 9.59 Å². The third-order valence-corrected chi connectivity index (χ3v) is 2.71. The lowest BCUT2D eigenvalue weighted by Crippen LogP contribution is -2.42. The molecule has 6 heteroatoms. The highest BCUT2D eigenvalue weighted by molar-refractivity contribution is 5.95. The summed E-state index contributed by atoms with van der Waals surface area (Å²) in [6, 6.07) is 15.2. The van der Waals surface area contributed by atoms with Gasteiger partial charge in [0.2, 0.25) is 0 Å². The van der Waals surface area contributed by atoms with Crippen LogP contribution in [0.3, 0.4) is 0 Å². The summed E-state index contributed by atoms with van der Waals surface area (Å²) in [6.07, 6.45) is -0.862. The molecular formula is C16H16N2O4. The van der Waals surface area contributed by atoms with Crippen molar-refractivity contribution in [2.24, 2.45) is 5.73 Å². The summed E-state index contributed by atoms with van der Waals surface area (Å²) >= 11 is 0. The van der Waals surface area contributed by atoms with Gasteiger partial charge in [0.15, 0.2) is 6.10 Å². The van der Waals surface area contributed by atoms with E-state index in [4.69, 9.17) is 15.2 Å². The number of ether oxygens (including phenoxy) is 2. The van der Waals surface area contributed by atoms with Crippen LogP contribution in [0.25, 0.3) is 0 Å². The molecule has 3 N–H and O–H groups in total. The number of hydrogen-bond donors (Lipinski definition) is 2. The smallest absolute Gasteiger partial charge is 0.318 e. The van der Waals surface area contributed by atoms with Crippen LogP contribution in [-0.4, -0.2) is 18.0 Å². The molecule has 2 rings (SSSR count). The first kappa shape index (κ1) is 15.4. The van der Waals surface area contributed by atoms with Crippen LogP contribution < -0.4 is 20.5 Å². The third kappa shape index (κ3) is 4.52. The number of carbonyl (C=O) groups excluding carboxylic acids is 2. The normalized spacial score (nSPS) is 11.3. The molecule has 0 saturated heterocycles. The quantitative estimate of drug-likeness (QED) is 0.887. The number of para-hydroxylation sites is 1. The van der Waals surface area contributed by atoms with Crippen molar-refractivity contribution in [3.05, 3.63) is 54.6 Å². The second kappa shape index (κ2) is 7.12. The number of imide groups is 1. The zero-order valence-electron chi connectivity index (χ0n) is 12.0. The highest BCUT2D eigenvalue weighted by atomic mass is 16.5. The molecule has 0 radical (unpaired) electrons. The number of carbonyl (C=O) groups is 2. The second-order valence-corrected chi connectivity index (χ2v) is 4.50. The van der Waals surface area contributed by atoms with Gasteiger partial charge >= 0.3 is 6.03 Å². The maximum Gasteiger partial charge on any atom is 0.318 e. The molecule has 0 fully saturated rings. The molecule has 1 atom stereocenters. The molecule has 0 saturated carbocycles. The maximum atomic E-state index is 11.6. The van der Waals surface area contributed by atoms with Crippen LogP contribution in [0.4, 0.5) is 4.79 Å². The number of nitrogens with one attached hydrogen (secondary N) is 1. The van der Waals surface area contributed by atoms with Gasteiger partial charge in [-0.2, -0.15) is 0 Å². The molecule has 1 unspecified atom stereocenters. The van der Waals surface area contributed by atoms with Gasteiger partial charge in [-0.3, -0.25) is 10.1 Å². The van der Waals surface area contributed by atoms with E-state index in [1.807, 2.05) is 35.6 Å². The molecule has 0 aliphatic rings. The fraction of sp³-hybridized carbons (Fsp3) is 0.125. The first-order chi connectivity index (χ1) is 10.5. The minimum Gasteiger partial charge on any atom is -0.481 e. The lowest BCUT2D eigenvalue weighted by atomic mass is 10.3. The van der Waals surface area contributed by atoms with E-state index in [0.29, 0.717) is 17.2 Å². The van der Waals surface area contributed by atoms with Crippen molar-refractivity contribution in [1.29, 1.82) is 0 Å². The van der Waals surface area contributed by atoms with Crippen molar-refractivity contribution in [3.63, 3.8) is 0 Å². The van der Waals surface area contributed by atoms with Gasteiger partial charge in [0.25, 0.3) is 5.91 Å². The number of nitrogens with two attached hydrogens (primary N) is 1. The standard InChI is InChI=1S/C16H16N2O4/c1-11(15(19)18-16(17)20)21-13-8-5-9-14(10-13)22-12-6-3-2-4-7-12/h2-11H,1H3,(H3,17,18,19,20). The molecule has 3 amide bonds. The van der Waals surface area contributed by atoms with Gasteiger partial charge in [0, 0.05) is 6.07 Å². The minimum absolute atomic E-state index is 0.445. The zero-order chi connectivity index (χ0) is 15.9. The first-order valence-electron chi connectivity index (χ1n) is 6.64. The predicted molar refractivity (Wildman–Crippen MR) is 80.8 cm³/mol. The highest BCUT2D eigenvalue weighted by Gasteiger charge is 2.16. The lowest BCUT2D eigenvalue weighted by molar-refractivity contribution is -0.126. The maximum absolute atomic E-state index is 11.6. The van der Waals surface area contributed by atoms with Crippen LogP contribution in [0.1, 0.15) is 6.92 Å². The van der Waals surface area contributed by atoms with Crippen LogP contribution in [0.15, 0.2) is 54.6 Å². The highest BCUT2D eigenvalue weighted by Crippen LogP contribution is 2.25. The summed E-state index contributed by atoms with van der Waals surface area (Å²) in [7, 11) is 0. The molecule has 0 aromatic heterocycles. The van der Waals surface area contributed by atoms with Crippen LogP contribution in [0.2, 0.25) is 0 Å². The molecule has 22 heavy (non-hydrogen) atoms. The Morgan fingerprint density at radius 2 is 1.64 bits per heavy atom. The summed E-state index contributed by atoms with van der Waals surface area (Å²) in [5.74, 6) is 1.10. The Balaban J connectivity index is 2.02. The molecule has 0 aliphatic carbocycles. The third-order valence-electron chi connectivity index (χ3n) is 2.71. The van der Waals surface area contributed by atoms with Gasteiger partial charge in [-0.25, -0.2) is 4.79 Å². The van der Waals surface area contributed by atoms with Crippen molar-refractivity contribution in [1.82, 2.24) is 5.32 Å². The Kier molecular flexibility index (Phi) is 4.98. The van der Waals surface area contributed by atoms with Crippen molar-refractivity contribution < 1.29 is 19.1 Å². The van der Waals surface area contributed by atoms with Gasteiger partial charge in [-0.15, -0.1) is 0 Å². The molecular weight excluding hydrogens is 284 g/mol. The summed E-state index contributed by atoms with van der Waals surface area (Å²) < 4.78 is 11.1. The molecule has 2 aromatic rings. The summed E-state index contributed by atoms with van der Waals surface area (Å²) in [5, 5.41) is 1.96. The van der Waals surface area contributed by atoms with E-state index >= 15 is 0 Å². The largest absolute Gasteiger partial charge is 0.481 e. The van der Waals surface area contributed by atoms with E-state index in [2.05, 4.69) is 0 Å². The van der Waals surface area contributed by atoms with Gasteiger partial charge < -0.3 is 15.2 Å². The van der Waals surface area contributed by atoms with Gasteiger partial charge in [0.05, 0.1) is 0 Å². The molecule has 2 aromatic carbocycles. The fourth-order valence-corrected chi connectivity index (χ4v) is 1.72. The molecule has 6 nitrogen and oxygen atoms in total.